The molecule has 1 amide bonds. The van der Waals surface area contributed by atoms with Gasteiger partial charge in [-0.1, -0.05) is 23.7 Å². The van der Waals surface area contributed by atoms with E-state index in [4.69, 9.17) is 21.3 Å². The Morgan fingerprint density at radius 1 is 1.11 bits per heavy atom. The molecule has 5 rings (SSSR count). The van der Waals surface area contributed by atoms with Gasteiger partial charge in [-0.3, -0.25) is 4.79 Å². The van der Waals surface area contributed by atoms with Crippen molar-refractivity contribution in [1.29, 1.82) is 0 Å². The summed E-state index contributed by atoms with van der Waals surface area (Å²) in [5.74, 6) is 1.01. The second-order valence-corrected chi connectivity index (χ2v) is 10.4. The standard InChI is InChI=1S/C27H33ClN6O3/c1-16-2-5-18-6-9-23(34-25(18)24(16)28)32-20-7-3-17(4-8-20)10-29-27-30-11-19(12-31-27)22(13-35)26(36)33-21-14-37-15-21/h2,5-6,9,11-12,17,20-22,35H,3-4,7-8,10,13-15H2,1H3,(H,32,34)(H,33,36)(H,29,30,31)/t17?,20?,22-/m1/s1. The van der Waals surface area contributed by atoms with Crippen molar-refractivity contribution in [3.63, 3.8) is 0 Å². The first kappa shape index (κ1) is 25.6. The first-order valence-corrected chi connectivity index (χ1v) is 13.2. The van der Waals surface area contributed by atoms with E-state index in [0.717, 1.165) is 54.5 Å². The first-order chi connectivity index (χ1) is 18.0. The van der Waals surface area contributed by atoms with Crippen LogP contribution in [0.1, 0.15) is 42.7 Å². The zero-order valence-electron chi connectivity index (χ0n) is 20.9. The summed E-state index contributed by atoms with van der Waals surface area (Å²) in [7, 11) is 0. The highest BCUT2D eigenvalue weighted by molar-refractivity contribution is 6.35. The molecule has 1 saturated carbocycles. The van der Waals surface area contributed by atoms with Gasteiger partial charge in [0.15, 0.2) is 0 Å². The molecule has 37 heavy (non-hydrogen) atoms. The molecule has 1 atom stereocenters. The maximum atomic E-state index is 12.4. The summed E-state index contributed by atoms with van der Waals surface area (Å²) in [5, 5.41) is 21.2. The molecule has 1 saturated heterocycles. The number of carbonyl (C=O) groups excluding carboxylic acids is 1. The summed E-state index contributed by atoms with van der Waals surface area (Å²) in [6, 6.07) is 8.56. The maximum Gasteiger partial charge on any atom is 0.230 e. The minimum absolute atomic E-state index is 0.0142. The fourth-order valence-electron chi connectivity index (χ4n) is 4.86. The topological polar surface area (TPSA) is 121 Å². The van der Waals surface area contributed by atoms with Gasteiger partial charge in [-0.2, -0.15) is 0 Å². The number of benzene rings is 1. The Hall–Kier alpha value is -3.01. The van der Waals surface area contributed by atoms with Gasteiger partial charge in [-0.05, 0) is 56.2 Å². The minimum Gasteiger partial charge on any atom is -0.395 e. The van der Waals surface area contributed by atoms with Gasteiger partial charge in [-0.15, -0.1) is 0 Å². The van der Waals surface area contributed by atoms with Gasteiger partial charge in [0.1, 0.15) is 5.82 Å². The van der Waals surface area contributed by atoms with Crippen LogP contribution in [0.25, 0.3) is 10.9 Å². The second kappa shape index (κ2) is 11.6. The van der Waals surface area contributed by atoms with Crippen LogP contribution in [0.15, 0.2) is 36.7 Å². The predicted molar refractivity (Wildman–Crippen MR) is 144 cm³/mol. The Morgan fingerprint density at radius 2 is 1.84 bits per heavy atom. The number of pyridine rings is 1. The van der Waals surface area contributed by atoms with Crippen LogP contribution in [0.3, 0.4) is 0 Å². The number of amides is 1. The Morgan fingerprint density at radius 3 is 2.51 bits per heavy atom. The third kappa shape index (κ3) is 6.11. The summed E-state index contributed by atoms with van der Waals surface area (Å²) in [6.45, 7) is 3.51. The van der Waals surface area contributed by atoms with E-state index in [9.17, 15) is 9.90 Å². The number of hydrogen-bond acceptors (Lipinski definition) is 8. The lowest BCUT2D eigenvalue weighted by atomic mass is 9.86. The van der Waals surface area contributed by atoms with Crippen molar-refractivity contribution in [2.24, 2.45) is 5.92 Å². The number of anilines is 2. The van der Waals surface area contributed by atoms with Crippen LogP contribution in [0.5, 0.6) is 0 Å². The Kier molecular flexibility index (Phi) is 8.02. The van der Waals surface area contributed by atoms with Crippen LogP contribution < -0.4 is 16.0 Å². The molecule has 2 aromatic heterocycles. The lowest BCUT2D eigenvalue weighted by molar-refractivity contribution is -0.127. The number of ether oxygens (including phenoxy) is 1. The number of aliphatic hydroxyl groups is 1. The Balaban J connectivity index is 1.08. The normalized spacial score (nSPS) is 20.7. The summed E-state index contributed by atoms with van der Waals surface area (Å²) in [4.78, 5) is 25.9. The number of rotatable bonds is 9. The third-order valence-electron chi connectivity index (χ3n) is 7.30. The highest BCUT2D eigenvalue weighted by Crippen LogP contribution is 2.29. The molecule has 9 nitrogen and oxygen atoms in total. The minimum atomic E-state index is -0.686. The van der Waals surface area contributed by atoms with E-state index in [0.29, 0.717) is 41.7 Å². The molecule has 3 heterocycles. The van der Waals surface area contributed by atoms with Crippen molar-refractivity contribution >= 4 is 40.2 Å². The van der Waals surface area contributed by atoms with Crippen LogP contribution in [0.4, 0.5) is 11.8 Å². The molecule has 0 unspecified atom stereocenters. The Labute approximate surface area is 221 Å². The van der Waals surface area contributed by atoms with Gasteiger partial charge in [-0.25, -0.2) is 15.0 Å². The van der Waals surface area contributed by atoms with Crippen LogP contribution in [-0.2, 0) is 9.53 Å². The molecule has 0 spiro atoms. The average molecular weight is 525 g/mol. The van der Waals surface area contributed by atoms with Crippen molar-refractivity contribution in [2.45, 2.75) is 50.6 Å². The second-order valence-electron chi connectivity index (χ2n) is 10.0. The van der Waals surface area contributed by atoms with E-state index in [2.05, 4.69) is 38.1 Å². The van der Waals surface area contributed by atoms with Gasteiger partial charge < -0.3 is 25.8 Å². The van der Waals surface area contributed by atoms with Crippen LogP contribution >= 0.6 is 11.6 Å². The number of carbonyl (C=O) groups is 1. The van der Waals surface area contributed by atoms with E-state index in [1.54, 1.807) is 12.4 Å². The molecule has 196 valence electrons. The highest BCUT2D eigenvalue weighted by atomic mass is 35.5. The SMILES string of the molecule is Cc1ccc2ccc(NC3CCC(CNc4ncc([C@@H](CO)C(=O)NC5COC5)cn4)CC3)nc2c1Cl. The monoisotopic (exact) mass is 524 g/mol. The number of halogens is 1. The molecule has 10 heteroatoms. The Bertz CT molecular complexity index is 1230. The summed E-state index contributed by atoms with van der Waals surface area (Å²) >= 11 is 6.48. The molecule has 1 aliphatic carbocycles. The molecule has 2 aliphatic rings. The smallest absolute Gasteiger partial charge is 0.230 e. The van der Waals surface area contributed by atoms with Crippen LogP contribution in [0, 0.1) is 12.8 Å². The van der Waals surface area contributed by atoms with E-state index in [-0.39, 0.29) is 18.6 Å². The van der Waals surface area contributed by atoms with Crippen LogP contribution in [0.2, 0.25) is 5.02 Å². The first-order valence-electron chi connectivity index (χ1n) is 12.9. The van der Waals surface area contributed by atoms with Gasteiger partial charge in [0.05, 0.1) is 42.3 Å². The number of aromatic nitrogens is 3. The molecule has 0 bridgehead atoms. The molecule has 4 N–H and O–H groups in total. The largest absolute Gasteiger partial charge is 0.395 e. The molecular weight excluding hydrogens is 492 g/mol. The van der Waals surface area contributed by atoms with Crippen molar-refractivity contribution in [3.8, 4) is 0 Å². The average Bonchev–Trinajstić information content (AvgIpc) is 2.89. The number of hydrogen-bond donors (Lipinski definition) is 4. The fourth-order valence-corrected chi connectivity index (χ4v) is 5.08. The number of aliphatic hydroxyl groups excluding tert-OH is 1. The van der Waals surface area contributed by atoms with Gasteiger partial charge in [0.25, 0.3) is 0 Å². The summed E-state index contributed by atoms with van der Waals surface area (Å²) < 4.78 is 5.08. The van der Waals surface area contributed by atoms with Crippen LogP contribution in [-0.4, -0.2) is 64.4 Å². The van der Waals surface area contributed by atoms with E-state index in [1.807, 2.05) is 19.1 Å². The number of nitrogens with zero attached hydrogens (tertiary/aromatic N) is 3. The van der Waals surface area contributed by atoms with Crippen molar-refractivity contribution in [2.75, 3.05) is 37.0 Å². The summed E-state index contributed by atoms with van der Waals surface area (Å²) in [5.41, 5.74) is 2.47. The lowest BCUT2D eigenvalue weighted by Crippen LogP contribution is -2.50. The van der Waals surface area contributed by atoms with E-state index < -0.39 is 5.92 Å². The lowest BCUT2D eigenvalue weighted by Gasteiger charge is -2.29. The quantitative estimate of drug-likeness (QED) is 0.334. The molecule has 0 radical (unpaired) electrons. The molecule has 2 fully saturated rings. The fraction of sp³-hybridized carbons (Fsp3) is 0.481. The molecule has 3 aromatic rings. The number of fused-ring (bicyclic) bond motifs is 1. The number of aryl methyl sites for hydroxylation is 1. The maximum absolute atomic E-state index is 12.4. The zero-order valence-corrected chi connectivity index (χ0v) is 21.7. The molecule has 1 aliphatic heterocycles. The van der Waals surface area contributed by atoms with Gasteiger partial charge in [0, 0.05) is 35.9 Å². The summed E-state index contributed by atoms with van der Waals surface area (Å²) in [6.07, 6.45) is 7.53. The zero-order chi connectivity index (χ0) is 25.8. The van der Waals surface area contributed by atoms with Crippen molar-refractivity contribution in [1.82, 2.24) is 20.3 Å². The van der Waals surface area contributed by atoms with Gasteiger partial charge in [0.2, 0.25) is 11.9 Å². The van der Waals surface area contributed by atoms with Crippen molar-refractivity contribution in [3.05, 3.63) is 52.8 Å². The molecule has 1 aromatic carbocycles. The van der Waals surface area contributed by atoms with E-state index >= 15 is 0 Å². The van der Waals surface area contributed by atoms with Gasteiger partial charge >= 0.3 is 0 Å². The van der Waals surface area contributed by atoms with Crippen molar-refractivity contribution < 1.29 is 14.6 Å². The molecular formula is C27H33ClN6O3. The van der Waals surface area contributed by atoms with E-state index in [1.165, 1.54) is 0 Å². The number of nitrogens with one attached hydrogen (secondary N) is 3. The predicted octanol–water partition coefficient (Wildman–Crippen LogP) is 3.66. The highest BCUT2D eigenvalue weighted by Gasteiger charge is 2.27. The third-order valence-corrected chi connectivity index (χ3v) is 7.78.